The number of methoxy groups -OCH3 is 1. The third kappa shape index (κ3) is 4.57. The molecule has 102 valence electrons. The molecule has 1 aliphatic rings. The molecule has 0 spiro atoms. The number of nitrogens with zero attached hydrogens (tertiary/aromatic N) is 1. The molecule has 0 aromatic heterocycles. The van der Waals surface area contributed by atoms with Crippen molar-refractivity contribution in [3.63, 3.8) is 0 Å². The highest BCUT2D eigenvalue weighted by Crippen LogP contribution is 2.32. The van der Waals surface area contributed by atoms with Gasteiger partial charge in [0.25, 0.3) is 0 Å². The third-order valence-electron chi connectivity index (χ3n) is 3.85. The van der Waals surface area contributed by atoms with Crippen molar-refractivity contribution in [1.29, 1.82) is 0 Å². The van der Waals surface area contributed by atoms with Gasteiger partial charge in [0.2, 0.25) is 0 Å². The number of hydrogen-bond acceptors (Lipinski definition) is 3. The Morgan fingerprint density at radius 1 is 1.35 bits per heavy atom. The van der Waals surface area contributed by atoms with Gasteiger partial charge in [0.15, 0.2) is 0 Å². The Balaban J connectivity index is 2.34. The van der Waals surface area contributed by atoms with Gasteiger partial charge in [-0.3, -0.25) is 4.90 Å². The molecule has 17 heavy (non-hydrogen) atoms. The van der Waals surface area contributed by atoms with E-state index in [0.29, 0.717) is 6.04 Å². The molecule has 1 aliphatic carbocycles. The molecular weight excluding hydrogens is 212 g/mol. The molecule has 1 fully saturated rings. The van der Waals surface area contributed by atoms with Crippen LogP contribution in [0.4, 0.5) is 0 Å². The largest absolute Gasteiger partial charge is 0.383 e. The van der Waals surface area contributed by atoms with E-state index in [4.69, 9.17) is 4.74 Å². The molecular formula is C14H30N2O. The van der Waals surface area contributed by atoms with Crippen molar-refractivity contribution in [2.24, 2.45) is 5.92 Å². The molecule has 1 N–H and O–H groups in total. The van der Waals surface area contributed by atoms with Crippen LogP contribution < -0.4 is 5.32 Å². The highest BCUT2D eigenvalue weighted by molar-refractivity contribution is 4.91. The van der Waals surface area contributed by atoms with Crippen molar-refractivity contribution in [2.75, 3.05) is 33.4 Å². The lowest BCUT2D eigenvalue weighted by Gasteiger charge is -2.46. The van der Waals surface area contributed by atoms with Crippen molar-refractivity contribution in [1.82, 2.24) is 10.2 Å². The highest BCUT2D eigenvalue weighted by Gasteiger charge is 2.35. The second-order valence-electron chi connectivity index (χ2n) is 5.43. The molecule has 1 rings (SSSR count). The van der Waals surface area contributed by atoms with Crippen LogP contribution in [0.25, 0.3) is 0 Å². The molecule has 2 atom stereocenters. The first-order chi connectivity index (χ1) is 8.20. The van der Waals surface area contributed by atoms with E-state index in [1.807, 2.05) is 0 Å². The van der Waals surface area contributed by atoms with Gasteiger partial charge in [0.05, 0.1) is 6.61 Å². The fourth-order valence-electron chi connectivity index (χ4n) is 2.69. The van der Waals surface area contributed by atoms with E-state index in [-0.39, 0.29) is 0 Å². The summed E-state index contributed by atoms with van der Waals surface area (Å²) in [7, 11) is 1.79. The van der Waals surface area contributed by atoms with E-state index in [9.17, 15) is 0 Å². The Labute approximate surface area is 107 Å². The van der Waals surface area contributed by atoms with E-state index >= 15 is 0 Å². The summed E-state index contributed by atoms with van der Waals surface area (Å²) in [4.78, 5) is 2.62. The summed E-state index contributed by atoms with van der Waals surface area (Å²) in [5.74, 6) is 0.848. The molecule has 0 amide bonds. The zero-order valence-corrected chi connectivity index (χ0v) is 12.0. The minimum Gasteiger partial charge on any atom is -0.383 e. The lowest BCUT2D eigenvalue weighted by atomic mass is 9.78. The summed E-state index contributed by atoms with van der Waals surface area (Å²) in [6.07, 6.45) is 3.98. The molecule has 2 unspecified atom stereocenters. The zero-order chi connectivity index (χ0) is 12.7. The fourth-order valence-corrected chi connectivity index (χ4v) is 2.69. The van der Waals surface area contributed by atoms with Gasteiger partial charge in [-0.25, -0.2) is 0 Å². The predicted octanol–water partition coefficient (Wildman–Crippen LogP) is 2.12. The lowest BCUT2D eigenvalue weighted by Crippen LogP contribution is -2.53. The SMILES string of the molecule is CCCNCC1CCC1N(CCOC)C(C)C. The number of nitrogens with one attached hydrogen (secondary N) is 1. The molecule has 0 heterocycles. The Morgan fingerprint density at radius 3 is 2.59 bits per heavy atom. The van der Waals surface area contributed by atoms with Gasteiger partial charge < -0.3 is 10.1 Å². The molecule has 1 saturated carbocycles. The van der Waals surface area contributed by atoms with Gasteiger partial charge in [-0.05, 0) is 52.1 Å². The maximum Gasteiger partial charge on any atom is 0.0589 e. The van der Waals surface area contributed by atoms with Crippen LogP contribution in [0.2, 0.25) is 0 Å². The van der Waals surface area contributed by atoms with Crippen molar-refractivity contribution in [2.45, 2.75) is 52.1 Å². The average molecular weight is 242 g/mol. The molecule has 0 aromatic carbocycles. The van der Waals surface area contributed by atoms with Gasteiger partial charge in [-0.2, -0.15) is 0 Å². The normalized spacial score (nSPS) is 24.4. The molecule has 0 aliphatic heterocycles. The maximum absolute atomic E-state index is 5.22. The third-order valence-corrected chi connectivity index (χ3v) is 3.85. The first kappa shape index (κ1) is 14.9. The topological polar surface area (TPSA) is 24.5 Å². The maximum atomic E-state index is 5.22. The summed E-state index contributed by atoms with van der Waals surface area (Å²) in [5, 5.41) is 3.56. The van der Waals surface area contributed by atoms with E-state index in [2.05, 4.69) is 31.0 Å². The van der Waals surface area contributed by atoms with Crippen LogP contribution >= 0.6 is 0 Å². The average Bonchev–Trinajstić information content (AvgIpc) is 2.27. The Morgan fingerprint density at radius 2 is 2.12 bits per heavy atom. The number of hydrogen-bond donors (Lipinski definition) is 1. The summed E-state index contributed by atoms with van der Waals surface area (Å²) in [5.41, 5.74) is 0. The smallest absolute Gasteiger partial charge is 0.0589 e. The monoisotopic (exact) mass is 242 g/mol. The van der Waals surface area contributed by atoms with Crippen LogP contribution in [0, 0.1) is 5.92 Å². The van der Waals surface area contributed by atoms with Crippen molar-refractivity contribution in [3.05, 3.63) is 0 Å². The van der Waals surface area contributed by atoms with Gasteiger partial charge in [0.1, 0.15) is 0 Å². The van der Waals surface area contributed by atoms with E-state index < -0.39 is 0 Å². The molecule has 3 heteroatoms. The van der Waals surface area contributed by atoms with E-state index in [1.165, 1.54) is 25.8 Å². The Hall–Kier alpha value is -0.120. The minimum atomic E-state index is 0.629. The predicted molar refractivity (Wildman–Crippen MR) is 73.4 cm³/mol. The van der Waals surface area contributed by atoms with Gasteiger partial charge >= 0.3 is 0 Å². The standard InChI is InChI=1S/C14H30N2O/c1-5-8-15-11-13-6-7-14(13)16(12(2)3)9-10-17-4/h12-15H,5-11H2,1-4H3. The first-order valence-corrected chi connectivity index (χ1v) is 7.16. The molecule has 0 radical (unpaired) electrons. The van der Waals surface area contributed by atoms with Crippen LogP contribution in [0.15, 0.2) is 0 Å². The van der Waals surface area contributed by atoms with Crippen LogP contribution in [-0.2, 0) is 4.74 Å². The number of ether oxygens (including phenoxy) is 1. The van der Waals surface area contributed by atoms with Crippen LogP contribution in [-0.4, -0.2) is 50.3 Å². The second kappa shape index (κ2) is 8.06. The molecule has 0 aromatic rings. The van der Waals surface area contributed by atoms with Crippen molar-refractivity contribution < 1.29 is 4.74 Å². The summed E-state index contributed by atoms with van der Waals surface area (Å²) < 4.78 is 5.22. The van der Waals surface area contributed by atoms with Gasteiger partial charge in [-0.15, -0.1) is 0 Å². The van der Waals surface area contributed by atoms with Crippen LogP contribution in [0.5, 0.6) is 0 Å². The number of rotatable bonds is 9. The zero-order valence-electron chi connectivity index (χ0n) is 12.0. The molecule has 0 bridgehead atoms. The van der Waals surface area contributed by atoms with E-state index in [0.717, 1.165) is 31.7 Å². The van der Waals surface area contributed by atoms with Gasteiger partial charge in [-0.1, -0.05) is 6.92 Å². The van der Waals surface area contributed by atoms with Gasteiger partial charge in [0, 0.05) is 25.7 Å². The first-order valence-electron chi connectivity index (χ1n) is 7.16. The summed E-state index contributed by atoms with van der Waals surface area (Å²) >= 11 is 0. The van der Waals surface area contributed by atoms with E-state index in [1.54, 1.807) is 7.11 Å². The Kier molecular flexibility index (Phi) is 7.09. The second-order valence-corrected chi connectivity index (χ2v) is 5.43. The molecule has 0 saturated heterocycles. The minimum absolute atomic E-state index is 0.629. The lowest BCUT2D eigenvalue weighted by molar-refractivity contribution is 0.0189. The fraction of sp³-hybridized carbons (Fsp3) is 1.00. The van der Waals surface area contributed by atoms with Crippen LogP contribution in [0.3, 0.4) is 0 Å². The summed E-state index contributed by atoms with van der Waals surface area (Å²) in [6, 6.07) is 1.40. The summed E-state index contributed by atoms with van der Waals surface area (Å²) in [6.45, 7) is 11.1. The molecule has 3 nitrogen and oxygen atoms in total. The quantitative estimate of drug-likeness (QED) is 0.627. The Bertz CT molecular complexity index is 197. The van der Waals surface area contributed by atoms with Crippen LogP contribution in [0.1, 0.15) is 40.0 Å². The highest BCUT2D eigenvalue weighted by atomic mass is 16.5. The van der Waals surface area contributed by atoms with Crippen molar-refractivity contribution in [3.8, 4) is 0 Å². The van der Waals surface area contributed by atoms with Crippen molar-refractivity contribution >= 4 is 0 Å².